The van der Waals surface area contributed by atoms with E-state index in [4.69, 9.17) is 10.5 Å². The number of nitrogens with two attached hydrogens (primary N) is 1. The number of carbonyl (C=O) groups is 1. The fourth-order valence-corrected chi connectivity index (χ4v) is 2.49. The number of anilines is 2. The smallest absolute Gasteiger partial charge is 0.256 e. The molecule has 0 bridgehead atoms. The fraction of sp³-hybridized carbons (Fsp3) is 0.133. The van der Waals surface area contributed by atoms with E-state index < -0.39 is 0 Å². The number of rotatable bonds is 3. The van der Waals surface area contributed by atoms with E-state index in [1.54, 1.807) is 31.4 Å². The van der Waals surface area contributed by atoms with Crippen LogP contribution >= 0.6 is 15.9 Å². The summed E-state index contributed by atoms with van der Waals surface area (Å²) >= 11 is 3.39. The molecule has 0 saturated carbocycles. The Kier molecular flexibility index (Phi) is 4.29. The number of nitrogen functional groups attached to an aromatic ring is 1. The monoisotopic (exact) mass is 334 g/mol. The van der Waals surface area contributed by atoms with Crippen LogP contribution in [0.2, 0.25) is 0 Å². The topological polar surface area (TPSA) is 64.3 Å². The number of hydrogen-bond acceptors (Lipinski definition) is 3. The number of benzene rings is 2. The van der Waals surface area contributed by atoms with Crippen molar-refractivity contribution in [3.8, 4) is 5.75 Å². The molecule has 0 heterocycles. The molecule has 0 unspecified atom stereocenters. The molecule has 3 N–H and O–H groups in total. The number of halogens is 1. The molecular formula is C15H15BrN2O2. The fourth-order valence-electron chi connectivity index (χ4n) is 1.82. The zero-order chi connectivity index (χ0) is 14.7. The average Bonchev–Trinajstić information content (AvgIpc) is 2.38. The lowest BCUT2D eigenvalue weighted by molar-refractivity contribution is 0.102. The van der Waals surface area contributed by atoms with Crippen LogP contribution in [0.15, 0.2) is 40.9 Å². The highest BCUT2D eigenvalue weighted by Gasteiger charge is 2.13. The first-order chi connectivity index (χ1) is 9.51. The number of amides is 1. The number of carbonyl (C=O) groups excluding carboxylic acids is 1. The predicted molar refractivity (Wildman–Crippen MR) is 84.2 cm³/mol. The SMILES string of the molecule is COc1ccc(N)cc1NC(=O)c1ccc(C)cc1Br. The Bertz CT molecular complexity index is 656. The van der Waals surface area contributed by atoms with Crippen molar-refractivity contribution in [1.29, 1.82) is 0 Å². The Hall–Kier alpha value is -2.01. The number of hydrogen-bond donors (Lipinski definition) is 2. The molecule has 104 valence electrons. The van der Waals surface area contributed by atoms with Gasteiger partial charge < -0.3 is 15.8 Å². The second kappa shape index (κ2) is 5.96. The van der Waals surface area contributed by atoms with Crippen molar-refractivity contribution in [2.24, 2.45) is 0 Å². The standard InChI is InChI=1S/C15H15BrN2O2/c1-9-3-5-11(12(16)7-9)15(19)18-13-8-10(17)4-6-14(13)20-2/h3-8H,17H2,1-2H3,(H,18,19). The highest BCUT2D eigenvalue weighted by molar-refractivity contribution is 9.10. The molecule has 1 amide bonds. The summed E-state index contributed by atoms with van der Waals surface area (Å²) in [5.41, 5.74) is 8.47. The van der Waals surface area contributed by atoms with Gasteiger partial charge in [0.1, 0.15) is 5.75 Å². The van der Waals surface area contributed by atoms with Crippen LogP contribution in [0.25, 0.3) is 0 Å². The van der Waals surface area contributed by atoms with Gasteiger partial charge in [0.25, 0.3) is 5.91 Å². The summed E-state index contributed by atoms with van der Waals surface area (Å²) in [6.45, 7) is 1.97. The van der Waals surface area contributed by atoms with Gasteiger partial charge in [0.15, 0.2) is 0 Å². The zero-order valence-electron chi connectivity index (χ0n) is 11.2. The minimum atomic E-state index is -0.222. The Labute approximate surface area is 126 Å². The molecule has 0 radical (unpaired) electrons. The lowest BCUT2D eigenvalue weighted by atomic mass is 10.1. The third-order valence-corrected chi connectivity index (χ3v) is 3.50. The van der Waals surface area contributed by atoms with Gasteiger partial charge >= 0.3 is 0 Å². The normalized spacial score (nSPS) is 10.2. The van der Waals surface area contributed by atoms with E-state index in [0.29, 0.717) is 22.7 Å². The Morgan fingerprint density at radius 1 is 1.25 bits per heavy atom. The molecule has 4 nitrogen and oxygen atoms in total. The minimum Gasteiger partial charge on any atom is -0.495 e. The van der Waals surface area contributed by atoms with Crippen molar-refractivity contribution in [1.82, 2.24) is 0 Å². The molecule has 0 aliphatic heterocycles. The molecule has 2 aromatic carbocycles. The number of aryl methyl sites for hydroxylation is 1. The molecule has 0 saturated heterocycles. The summed E-state index contributed by atoms with van der Waals surface area (Å²) < 4.78 is 5.95. The summed E-state index contributed by atoms with van der Waals surface area (Å²) in [6.07, 6.45) is 0. The van der Waals surface area contributed by atoms with Crippen LogP contribution in [-0.2, 0) is 0 Å². The first kappa shape index (κ1) is 14.4. The van der Waals surface area contributed by atoms with Gasteiger partial charge in [-0.05, 0) is 58.7 Å². The zero-order valence-corrected chi connectivity index (χ0v) is 12.8. The Morgan fingerprint density at radius 3 is 2.65 bits per heavy atom. The van der Waals surface area contributed by atoms with Crippen molar-refractivity contribution in [2.45, 2.75) is 6.92 Å². The number of methoxy groups -OCH3 is 1. The highest BCUT2D eigenvalue weighted by Crippen LogP contribution is 2.28. The van der Waals surface area contributed by atoms with Gasteiger partial charge in [-0.2, -0.15) is 0 Å². The first-order valence-corrected chi connectivity index (χ1v) is 6.81. The van der Waals surface area contributed by atoms with Gasteiger partial charge in [-0.3, -0.25) is 4.79 Å². The molecule has 5 heteroatoms. The van der Waals surface area contributed by atoms with Gasteiger partial charge in [-0.15, -0.1) is 0 Å². The predicted octanol–water partition coefficient (Wildman–Crippen LogP) is 3.60. The quantitative estimate of drug-likeness (QED) is 0.843. The lowest BCUT2D eigenvalue weighted by Gasteiger charge is -2.12. The lowest BCUT2D eigenvalue weighted by Crippen LogP contribution is -2.13. The Morgan fingerprint density at radius 2 is 2.00 bits per heavy atom. The van der Waals surface area contributed by atoms with Gasteiger partial charge in [0, 0.05) is 10.2 Å². The van der Waals surface area contributed by atoms with Crippen LogP contribution in [0, 0.1) is 6.92 Å². The van der Waals surface area contributed by atoms with E-state index in [0.717, 1.165) is 10.0 Å². The number of nitrogens with one attached hydrogen (secondary N) is 1. The van der Waals surface area contributed by atoms with Crippen LogP contribution < -0.4 is 15.8 Å². The van der Waals surface area contributed by atoms with Crippen molar-refractivity contribution in [3.63, 3.8) is 0 Å². The number of ether oxygens (including phenoxy) is 1. The summed E-state index contributed by atoms with van der Waals surface area (Å²) in [5, 5.41) is 2.80. The third kappa shape index (κ3) is 3.11. The van der Waals surface area contributed by atoms with Gasteiger partial charge in [0.05, 0.1) is 18.4 Å². The maximum atomic E-state index is 12.3. The van der Waals surface area contributed by atoms with Crippen molar-refractivity contribution >= 4 is 33.2 Å². The van der Waals surface area contributed by atoms with E-state index in [-0.39, 0.29) is 5.91 Å². The molecule has 0 atom stereocenters. The second-order valence-corrected chi connectivity index (χ2v) is 5.25. The molecule has 0 fully saturated rings. The molecule has 2 aromatic rings. The molecule has 2 rings (SSSR count). The van der Waals surface area contributed by atoms with Gasteiger partial charge in [-0.1, -0.05) is 6.07 Å². The summed E-state index contributed by atoms with van der Waals surface area (Å²) in [6, 6.07) is 10.7. The summed E-state index contributed by atoms with van der Waals surface area (Å²) in [7, 11) is 1.54. The van der Waals surface area contributed by atoms with Gasteiger partial charge in [0.2, 0.25) is 0 Å². The molecule has 0 aromatic heterocycles. The second-order valence-electron chi connectivity index (χ2n) is 4.40. The van der Waals surface area contributed by atoms with Crippen LogP contribution in [0.3, 0.4) is 0 Å². The molecule has 20 heavy (non-hydrogen) atoms. The molecule has 0 spiro atoms. The van der Waals surface area contributed by atoms with Crippen molar-refractivity contribution in [3.05, 3.63) is 52.0 Å². The molecule has 0 aliphatic carbocycles. The van der Waals surface area contributed by atoms with Crippen LogP contribution in [-0.4, -0.2) is 13.0 Å². The van der Waals surface area contributed by atoms with Crippen LogP contribution in [0.1, 0.15) is 15.9 Å². The van der Waals surface area contributed by atoms with Crippen molar-refractivity contribution < 1.29 is 9.53 Å². The van der Waals surface area contributed by atoms with E-state index in [1.807, 2.05) is 19.1 Å². The first-order valence-electron chi connectivity index (χ1n) is 6.02. The van der Waals surface area contributed by atoms with Crippen molar-refractivity contribution in [2.75, 3.05) is 18.2 Å². The third-order valence-electron chi connectivity index (χ3n) is 2.84. The summed E-state index contributed by atoms with van der Waals surface area (Å²) in [5.74, 6) is 0.344. The molecule has 0 aliphatic rings. The Balaban J connectivity index is 2.30. The maximum Gasteiger partial charge on any atom is 0.256 e. The van der Waals surface area contributed by atoms with Crippen LogP contribution in [0.4, 0.5) is 11.4 Å². The largest absolute Gasteiger partial charge is 0.495 e. The van der Waals surface area contributed by atoms with Crippen LogP contribution in [0.5, 0.6) is 5.75 Å². The van der Waals surface area contributed by atoms with E-state index in [9.17, 15) is 4.79 Å². The molecular weight excluding hydrogens is 320 g/mol. The highest BCUT2D eigenvalue weighted by atomic mass is 79.9. The minimum absolute atomic E-state index is 0.222. The van der Waals surface area contributed by atoms with E-state index >= 15 is 0 Å². The average molecular weight is 335 g/mol. The van der Waals surface area contributed by atoms with E-state index in [2.05, 4.69) is 21.2 Å². The summed E-state index contributed by atoms with van der Waals surface area (Å²) in [4.78, 5) is 12.3. The maximum absolute atomic E-state index is 12.3. The van der Waals surface area contributed by atoms with E-state index in [1.165, 1.54) is 0 Å². The van der Waals surface area contributed by atoms with Gasteiger partial charge in [-0.25, -0.2) is 0 Å².